The molecule has 7 heteroatoms. The van der Waals surface area contributed by atoms with Crippen LogP contribution in [0.5, 0.6) is 11.5 Å². The van der Waals surface area contributed by atoms with Crippen LogP contribution in [0.2, 0.25) is 0 Å². The van der Waals surface area contributed by atoms with Gasteiger partial charge in [-0.15, -0.1) is 0 Å². The van der Waals surface area contributed by atoms with Crippen LogP contribution in [0.25, 0.3) is 0 Å². The molecule has 0 saturated heterocycles. The molecule has 0 spiro atoms. The van der Waals surface area contributed by atoms with Crippen LogP contribution in [0, 0.1) is 11.3 Å². The number of amidine groups is 1. The van der Waals surface area contributed by atoms with Gasteiger partial charge in [-0.3, -0.25) is 9.69 Å². The van der Waals surface area contributed by atoms with Gasteiger partial charge in [0.25, 0.3) is 0 Å². The number of anilines is 1. The summed E-state index contributed by atoms with van der Waals surface area (Å²) in [4.78, 5) is 19.9. The average molecular weight is 426 g/mol. The molecule has 2 aromatic rings. The molecular formula is C25H22N4O3. The minimum Gasteiger partial charge on any atom is -0.497 e. The van der Waals surface area contributed by atoms with Crippen molar-refractivity contribution in [3.63, 3.8) is 0 Å². The molecule has 3 aliphatic rings. The lowest BCUT2D eigenvalue weighted by Crippen LogP contribution is -2.39. The molecule has 0 aromatic heterocycles. The number of nitrogens with zero attached hydrogens (tertiary/aromatic N) is 3. The fourth-order valence-corrected chi connectivity index (χ4v) is 4.84. The summed E-state index contributed by atoms with van der Waals surface area (Å²) in [6.45, 7) is 0. The molecule has 160 valence electrons. The number of nitriles is 1. The van der Waals surface area contributed by atoms with Gasteiger partial charge in [0.1, 0.15) is 17.3 Å². The second kappa shape index (κ2) is 7.57. The number of para-hydroxylation sites is 1. The summed E-state index contributed by atoms with van der Waals surface area (Å²) < 4.78 is 11.0. The maximum atomic E-state index is 13.3. The Hall–Kier alpha value is -4.05. The molecule has 0 fully saturated rings. The number of carbonyl (C=O) groups excluding carboxylic acids is 1. The maximum Gasteiger partial charge on any atom is 0.161 e. The Bertz CT molecular complexity index is 1280. The summed E-state index contributed by atoms with van der Waals surface area (Å²) in [6, 6.07) is 15.4. The Kier molecular flexibility index (Phi) is 4.71. The normalized spacial score (nSPS) is 19.5. The second-order valence-electron chi connectivity index (χ2n) is 7.88. The van der Waals surface area contributed by atoms with Crippen molar-refractivity contribution in [1.82, 2.24) is 0 Å². The van der Waals surface area contributed by atoms with Crippen LogP contribution in [-0.2, 0) is 4.79 Å². The van der Waals surface area contributed by atoms with Crippen molar-refractivity contribution in [2.75, 3.05) is 19.1 Å². The van der Waals surface area contributed by atoms with Crippen LogP contribution in [0.1, 0.15) is 36.3 Å². The summed E-state index contributed by atoms with van der Waals surface area (Å²) in [7, 11) is 3.15. The molecule has 0 amide bonds. The topological polar surface area (TPSA) is 101 Å². The number of allylic oxidation sites excluding steroid dienone is 3. The first-order valence-corrected chi connectivity index (χ1v) is 10.4. The predicted octanol–water partition coefficient (Wildman–Crippen LogP) is 3.77. The second-order valence-corrected chi connectivity index (χ2v) is 7.88. The molecule has 2 heterocycles. The highest BCUT2D eigenvalue weighted by atomic mass is 16.5. The Morgan fingerprint density at radius 3 is 2.72 bits per heavy atom. The van der Waals surface area contributed by atoms with Gasteiger partial charge in [-0.25, -0.2) is 4.99 Å². The van der Waals surface area contributed by atoms with Crippen molar-refractivity contribution in [2.45, 2.75) is 25.2 Å². The van der Waals surface area contributed by atoms with Crippen molar-refractivity contribution in [3.8, 4) is 17.6 Å². The Labute approximate surface area is 186 Å². The number of hydrogen-bond donors (Lipinski definition) is 1. The average Bonchev–Trinajstić information content (AvgIpc) is 2.83. The lowest BCUT2D eigenvalue weighted by atomic mass is 9.75. The summed E-state index contributed by atoms with van der Waals surface area (Å²) in [5.41, 5.74) is 10.5. The molecule has 1 atom stereocenters. The zero-order valence-corrected chi connectivity index (χ0v) is 17.9. The number of ketones is 1. The molecule has 0 saturated carbocycles. The molecule has 2 aromatic carbocycles. The minimum absolute atomic E-state index is 0.0425. The number of carbonyl (C=O) groups is 1. The van der Waals surface area contributed by atoms with E-state index in [4.69, 9.17) is 15.2 Å². The van der Waals surface area contributed by atoms with Crippen LogP contribution in [0.4, 0.5) is 5.69 Å². The summed E-state index contributed by atoms with van der Waals surface area (Å²) >= 11 is 0. The van der Waals surface area contributed by atoms with E-state index in [2.05, 4.69) is 11.1 Å². The number of aliphatic imine (C=N–C) groups is 1. The van der Waals surface area contributed by atoms with Crippen LogP contribution >= 0.6 is 0 Å². The lowest BCUT2D eigenvalue weighted by Gasteiger charge is -2.42. The van der Waals surface area contributed by atoms with Gasteiger partial charge >= 0.3 is 0 Å². The van der Waals surface area contributed by atoms with E-state index in [0.29, 0.717) is 47.1 Å². The fourth-order valence-electron chi connectivity index (χ4n) is 4.84. The number of rotatable bonds is 3. The third-order valence-corrected chi connectivity index (χ3v) is 6.25. The van der Waals surface area contributed by atoms with Gasteiger partial charge < -0.3 is 15.2 Å². The van der Waals surface area contributed by atoms with E-state index in [9.17, 15) is 10.1 Å². The van der Waals surface area contributed by atoms with Crippen molar-refractivity contribution in [2.24, 2.45) is 10.7 Å². The van der Waals surface area contributed by atoms with Gasteiger partial charge in [0.05, 0.1) is 37.5 Å². The number of fused-ring (bicyclic) bond motifs is 4. The van der Waals surface area contributed by atoms with Crippen molar-refractivity contribution in [1.29, 1.82) is 5.26 Å². The number of nitrogens with two attached hydrogens (primary N) is 1. The third-order valence-electron chi connectivity index (χ3n) is 6.25. The van der Waals surface area contributed by atoms with E-state index in [0.717, 1.165) is 28.9 Å². The molecule has 0 radical (unpaired) electrons. The molecule has 0 unspecified atom stereocenters. The van der Waals surface area contributed by atoms with E-state index in [1.807, 2.05) is 41.3 Å². The summed E-state index contributed by atoms with van der Waals surface area (Å²) in [5.74, 6) is 1.46. The quantitative estimate of drug-likeness (QED) is 0.802. The Balaban J connectivity index is 1.83. The minimum atomic E-state index is -0.586. The molecular weight excluding hydrogens is 404 g/mol. The summed E-state index contributed by atoms with van der Waals surface area (Å²) in [6.07, 6.45) is 1.90. The van der Waals surface area contributed by atoms with Crippen molar-refractivity contribution < 1.29 is 14.3 Å². The van der Waals surface area contributed by atoms with E-state index in [-0.39, 0.29) is 5.78 Å². The highest BCUT2D eigenvalue weighted by molar-refractivity contribution is 6.08. The maximum absolute atomic E-state index is 13.3. The summed E-state index contributed by atoms with van der Waals surface area (Å²) in [5, 5.41) is 10.3. The molecule has 32 heavy (non-hydrogen) atoms. The molecule has 2 N–H and O–H groups in total. The van der Waals surface area contributed by atoms with E-state index < -0.39 is 5.92 Å². The van der Waals surface area contributed by atoms with E-state index in [1.165, 1.54) is 0 Å². The van der Waals surface area contributed by atoms with Gasteiger partial charge in [-0.1, -0.05) is 18.2 Å². The van der Waals surface area contributed by atoms with Crippen LogP contribution < -0.4 is 20.1 Å². The number of benzene rings is 2. The number of hydrogen-bond acceptors (Lipinski definition) is 7. The molecule has 5 rings (SSSR count). The first-order chi connectivity index (χ1) is 15.6. The van der Waals surface area contributed by atoms with Gasteiger partial charge in [0, 0.05) is 34.9 Å². The van der Waals surface area contributed by atoms with Crippen molar-refractivity contribution >= 4 is 17.3 Å². The number of Topliss-reactive ketones (excluding diaryl/α,β-unsaturated/α-hetero) is 1. The van der Waals surface area contributed by atoms with Crippen LogP contribution in [0.3, 0.4) is 0 Å². The third kappa shape index (κ3) is 2.80. The molecule has 1 aliphatic carbocycles. The van der Waals surface area contributed by atoms with E-state index in [1.54, 1.807) is 20.3 Å². The highest BCUT2D eigenvalue weighted by Crippen LogP contribution is 2.51. The zero-order valence-electron chi connectivity index (χ0n) is 17.9. The van der Waals surface area contributed by atoms with Crippen LogP contribution in [0.15, 0.2) is 70.1 Å². The van der Waals surface area contributed by atoms with Gasteiger partial charge in [-0.05, 0) is 31.0 Å². The SMILES string of the molecule is COc1ccc([C@@H]2C(C#N)=C3N=C(N)c4ccccc4N3C3=C2C(=O)CCC3)c(OC)c1. The van der Waals surface area contributed by atoms with Gasteiger partial charge in [0.2, 0.25) is 0 Å². The van der Waals surface area contributed by atoms with Gasteiger partial charge in [-0.2, -0.15) is 5.26 Å². The highest BCUT2D eigenvalue weighted by Gasteiger charge is 2.43. The molecule has 7 nitrogen and oxygen atoms in total. The Morgan fingerprint density at radius 2 is 1.97 bits per heavy atom. The standard InChI is InChI=1S/C25H22N4O3/c1-31-14-10-11-16(21(12-14)32-2)22-17(13-26)25-28-24(27)15-6-3-4-7-18(15)29(25)19-8-5-9-20(30)23(19)22/h3-4,6-7,10-12,22H,5,8-9H2,1-2H3,(H2,27,28)/t22-/m1/s1. The largest absolute Gasteiger partial charge is 0.497 e. The first kappa shape index (κ1) is 19.9. The Morgan fingerprint density at radius 1 is 1.16 bits per heavy atom. The van der Waals surface area contributed by atoms with E-state index >= 15 is 0 Å². The van der Waals surface area contributed by atoms with Crippen LogP contribution in [-0.4, -0.2) is 25.8 Å². The molecule has 0 bridgehead atoms. The predicted molar refractivity (Wildman–Crippen MR) is 120 cm³/mol. The monoisotopic (exact) mass is 426 g/mol. The first-order valence-electron chi connectivity index (χ1n) is 10.4. The molecule has 2 aliphatic heterocycles. The van der Waals surface area contributed by atoms with Gasteiger partial charge in [0.15, 0.2) is 11.6 Å². The smallest absolute Gasteiger partial charge is 0.161 e. The number of methoxy groups -OCH3 is 2. The fraction of sp³-hybridized carbons (Fsp3) is 0.240. The lowest BCUT2D eigenvalue weighted by molar-refractivity contribution is -0.116. The zero-order chi connectivity index (χ0) is 22.4. The number of ether oxygens (including phenoxy) is 2. The van der Waals surface area contributed by atoms with Crippen molar-refractivity contribution in [3.05, 3.63) is 76.3 Å².